The number of rotatable bonds is 11. The largest absolute Gasteiger partial charge is 0.351 e. The molecule has 3 aromatic rings. The Morgan fingerprint density at radius 2 is 1.84 bits per heavy atom. The van der Waals surface area contributed by atoms with E-state index in [2.05, 4.69) is 15.1 Å². The number of nitrogens with one attached hydrogen (secondary N) is 1. The van der Waals surface area contributed by atoms with E-state index in [1.165, 1.54) is 16.4 Å². The Balaban J connectivity index is 1.24. The quantitative estimate of drug-likeness (QED) is 0.374. The summed E-state index contributed by atoms with van der Waals surface area (Å²) in [5, 5.41) is 4.63. The van der Waals surface area contributed by atoms with Gasteiger partial charge in [-0.2, -0.15) is 4.31 Å². The molecule has 0 spiro atoms. The van der Waals surface area contributed by atoms with Crippen molar-refractivity contribution in [1.82, 2.24) is 19.5 Å². The number of sulfonamides is 1. The number of thiazole rings is 1. The van der Waals surface area contributed by atoms with Gasteiger partial charge in [-0.3, -0.25) is 9.69 Å². The number of carbonyl (C=O) groups is 1. The minimum atomic E-state index is -3.55. The van der Waals surface area contributed by atoms with Crippen LogP contribution in [-0.2, 0) is 10.0 Å². The molecule has 11 heteroatoms. The first-order valence-electron chi connectivity index (χ1n) is 12.7. The van der Waals surface area contributed by atoms with Crippen molar-refractivity contribution in [3.63, 3.8) is 0 Å². The second-order valence-electron chi connectivity index (χ2n) is 9.04. The highest BCUT2D eigenvalue weighted by atomic mass is 35.5. The number of benzene rings is 2. The smallest absolute Gasteiger partial charge is 0.251 e. The number of unbranched alkanes of at least 4 members (excludes halogenated alkanes) is 1. The van der Waals surface area contributed by atoms with E-state index in [0.717, 1.165) is 60.9 Å². The molecule has 1 aliphatic rings. The lowest BCUT2D eigenvalue weighted by Gasteiger charge is -2.34. The predicted molar refractivity (Wildman–Crippen MR) is 151 cm³/mol. The van der Waals surface area contributed by atoms with Gasteiger partial charge in [-0.15, -0.1) is 0 Å². The Hall–Kier alpha value is -2.24. The summed E-state index contributed by atoms with van der Waals surface area (Å²) in [6.07, 6.45) is 1.75. The maximum atomic E-state index is 12.9. The van der Waals surface area contributed by atoms with Crippen molar-refractivity contribution < 1.29 is 13.2 Å². The number of anilines is 1. The van der Waals surface area contributed by atoms with Crippen molar-refractivity contribution in [2.75, 3.05) is 57.3 Å². The number of piperazine rings is 1. The molecule has 2 aromatic carbocycles. The molecule has 1 N–H and O–H groups in total. The van der Waals surface area contributed by atoms with E-state index >= 15 is 0 Å². The van der Waals surface area contributed by atoms with Gasteiger partial charge < -0.3 is 10.2 Å². The van der Waals surface area contributed by atoms with Crippen molar-refractivity contribution in [1.29, 1.82) is 0 Å². The molecule has 0 bridgehead atoms. The fourth-order valence-electron chi connectivity index (χ4n) is 4.34. The number of para-hydroxylation sites is 1. The van der Waals surface area contributed by atoms with E-state index in [9.17, 15) is 13.2 Å². The molecule has 2 heterocycles. The van der Waals surface area contributed by atoms with Crippen LogP contribution in [-0.4, -0.2) is 80.9 Å². The van der Waals surface area contributed by atoms with Crippen molar-refractivity contribution >= 4 is 54.2 Å². The average molecular weight is 564 g/mol. The number of amides is 1. The van der Waals surface area contributed by atoms with Crippen molar-refractivity contribution in [3.05, 3.63) is 53.1 Å². The third-order valence-corrected chi connectivity index (χ3v) is 9.96. The maximum Gasteiger partial charge on any atom is 0.251 e. The van der Waals surface area contributed by atoms with E-state index in [4.69, 9.17) is 16.6 Å². The summed E-state index contributed by atoms with van der Waals surface area (Å²) in [5.41, 5.74) is 1.31. The third-order valence-electron chi connectivity index (χ3n) is 6.58. The summed E-state index contributed by atoms with van der Waals surface area (Å²) in [6.45, 7) is 9.59. The number of aromatic nitrogens is 1. The Labute approximate surface area is 228 Å². The van der Waals surface area contributed by atoms with Gasteiger partial charge in [0.25, 0.3) is 5.91 Å². The van der Waals surface area contributed by atoms with Crippen LogP contribution in [0.5, 0.6) is 0 Å². The van der Waals surface area contributed by atoms with E-state index in [0.29, 0.717) is 30.2 Å². The molecule has 0 radical (unpaired) electrons. The Morgan fingerprint density at radius 3 is 2.49 bits per heavy atom. The van der Waals surface area contributed by atoms with Gasteiger partial charge in [-0.05, 0) is 42.8 Å². The first kappa shape index (κ1) is 27.8. The lowest BCUT2D eigenvalue weighted by atomic mass is 10.2. The van der Waals surface area contributed by atoms with Crippen LogP contribution in [0.2, 0.25) is 5.02 Å². The first-order chi connectivity index (χ1) is 17.8. The highest BCUT2D eigenvalue weighted by Crippen LogP contribution is 2.33. The van der Waals surface area contributed by atoms with Gasteiger partial charge in [0.15, 0.2) is 5.13 Å². The van der Waals surface area contributed by atoms with E-state index in [1.54, 1.807) is 23.5 Å². The standard InChI is InChI=1S/C26H34ClN5O3S2/c1-3-5-14-32(4-2)37(34,35)21-11-9-20(10-12-21)25(33)28-13-15-30-16-18-31(19-17-30)26-29-24-22(27)7-6-8-23(24)36-26/h6-12H,3-5,13-19H2,1-2H3,(H,28,33). The number of fused-ring (bicyclic) bond motifs is 1. The van der Waals surface area contributed by atoms with Gasteiger partial charge >= 0.3 is 0 Å². The molecule has 1 saturated heterocycles. The van der Waals surface area contributed by atoms with Gasteiger partial charge in [-0.25, -0.2) is 13.4 Å². The number of hydrogen-bond acceptors (Lipinski definition) is 7. The minimum Gasteiger partial charge on any atom is -0.351 e. The highest BCUT2D eigenvalue weighted by molar-refractivity contribution is 7.89. The second-order valence-corrected chi connectivity index (χ2v) is 12.4. The van der Waals surface area contributed by atoms with Gasteiger partial charge in [-0.1, -0.05) is 49.3 Å². The first-order valence-corrected chi connectivity index (χ1v) is 15.4. The summed E-state index contributed by atoms with van der Waals surface area (Å²) in [5.74, 6) is -0.202. The summed E-state index contributed by atoms with van der Waals surface area (Å²) in [4.78, 5) is 22.2. The van der Waals surface area contributed by atoms with Crippen LogP contribution in [0, 0.1) is 0 Å². The zero-order valence-corrected chi connectivity index (χ0v) is 23.7. The van der Waals surface area contributed by atoms with E-state index in [1.807, 2.05) is 32.0 Å². The van der Waals surface area contributed by atoms with Crippen LogP contribution >= 0.6 is 22.9 Å². The normalized spacial score (nSPS) is 15.0. The number of carbonyl (C=O) groups excluding carboxylic acids is 1. The van der Waals surface area contributed by atoms with Gasteiger partial charge in [0.1, 0.15) is 5.52 Å². The summed E-state index contributed by atoms with van der Waals surface area (Å²) >= 11 is 7.94. The molecule has 0 unspecified atom stereocenters. The van der Waals surface area contributed by atoms with Crippen molar-refractivity contribution in [2.45, 2.75) is 31.6 Å². The van der Waals surface area contributed by atoms with E-state index < -0.39 is 10.0 Å². The van der Waals surface area contributed by atoms with E-state index in [-0.39, 0.29) is 10.8 Å². The molecule has 200 valence electrons. The topological polar surface area (TPSA) is 85.8 Å². The molecule has 0 aliphatic carbocycles. The van der Waals surface area contributed by atoms with Crippen LogP contribution in [0.15, 0.2) is 47.4 Å². The number of hydrogen-bond donors (Lipinski definition) is 1. The average Bonchev–Trinajstić information content (AvgIpc) is 3.35. The molecule has 0 saturated carbocycles. The second kappa shape index (κ2) is 12.5. The van der Waals surface area contributed by atoms with Crippen LogP contribution < -0.4 is 10.2 Å². The zero-order chi connectivity index (χ0) is 26.4. The molecule has 1 aliphatic heterocycles. The monoisotopic (exact) mass is 563 g/mol. The summed E-state index contributed by atoms with van der Waals surface area (Å²) in [6, 6.07) is 12.1. The molecule has 1 fully saturated rings. The molecular weight excluding hydrogens is 530 g/mol. The van der Waals surface area contributed by atoms with Crippen LogP contribution in [0.25, 0.3) is 10.2 Å². The third kappa shape index (κ3) is 6.61. The van der Waals surface area contributed by atoms with Gasteiger partial charge in [0.2, 0.25) is 10.0 Å². The van der Waals surface area contributed by atoms with Crippen LogP contribution in [0.1, 0.15) is 37.0 Å². The Morgan fingerprint density at radius 1 is 1.11 bits per heavy atom. The number of halogens is 1. The Kier molecular flexibility index (Phi) is 9.41. The summed E-state index contributed by atoms with van der Waals surface area (Å²) in [7, 11) is -3.55. The van der Waals surface area contributed by atoms with Crippen molar-refractivity contribution in [2.24, 2.45) is 0 Å². The Bertz CT molecular complexity index is 1310. The minimum absolute atomic E-state index is 0.202. The van der Waals surface area contributed by atoms with Crippen LogP contribution in [0.3, 0.4) is 0 Å². The maximum absolute atomic E-state index is 12.9. The molecule has 4 rings (SSSR count). The number of nitrogens with zero attached hydrogens (tertiary/aromatic N) is 4. The van der Waals surface area contributed by atoms with Crippen LogP contribution in [0.4, 0.5) is 5.13 Å². The summed E-state index contributed by atoms with van der Waals surface area (Å²) < 4.78 is 28.3. The molecule has 8 nitrogen and oxygen atoms in total. The molecule has 0 atom stereocenters. The molecule has 1 aromatic heterocycles. The fourth-order valence-corrected chi connectivity index (χ4v) is 7.15. The fraction of sp³-hybridized carbons (Fsp3) is 0.462. The lowest BCUT2D eigenvalue weighted by Crippen LogP contribution is -2.48. The highest BCUT2D eigenvalue weighted by Gasteiger charge is 2.23. The lowest BCUT2D eigenvalue weighted by molar-refractivity contribution is 0.0947. The van der Waals surface area contributed by atoms with Gasteiger partial charge in [0, 0.05) is 57.9 Å². The molecule has 1 amide bonds. The van der Waals surface area contributed by atoms with Gasteiger partial charge in [0.05, 0.1) is 14.6 Å². The SMILES string of the molecule is CCCCN(CC)S(=O)(=O)c1ccc(C(=O)NCCN2CCN(c3nc4c(Cl)cccc4s3)CC2)cc1. The molecular formula is C26H34ClN5O3S2. The molecule has 37 heavy (non-hydrogen) atoms. The zero-order valence-electron chi connectivity index (χ0n) is 21.3. The van der Waals surface area contributed by atoms with Crippen molar-refractivity contribution in [3.8, 4) is 0 Å². The predicted octanol–water partition coefficient (Wildman–Crippen LogP) is 4.31.